The Bertz CT molecular complexity index is 826. The Morgan fingerprint density at radius 2 is 1.86 bits per heavy atom. The van der Waals surface area contributed by atoms with E-state index in [1.807, 2.05) is 6.07 Å². The molecule has 1 aromatic carbocycles. The third-order valence-electron chi connectivity index (χ3n) is 4.77. The van der Waals surface area contributed by atoms with Crippen LogP contribution in [0, 0.1) is 5.92 Å². The number of urea groups is 1. The summed E-state index contributed by atoms with van der Waals surface area (Å²) in [6.45, 7) is 1.45. The summed E-state index contributed by atoms with van der Waals surface area (Å²) in [6, 6.07) is 10.4. The van der Waals surface area contributed by atoms with Crippen LogP contribution < -0.4 is 10.6 Å². The number of aliphatic carboxylic acids is 1. The zero-order chi connectivity index (χ0) is 19.9. The van der Waals surface area contributed by atoms with Gasteiger partial charge in [0.15, 0.2) is 0 Å². The summed E-state index contributed by atoms with van der Waals surface area (Å²) in [4.78, 5) is 37.2. The molecule has 8 heteroatoms. The summed E-state index contributed by atoms with van der Waals surface area (Å²) in [5, 5.41) is 14.6. The van der Waals surface area contributed by atoms with Crippen LogP contribution in [0.1, 0.15) is 34.5 Å². The largest absolute Gasteiger partial charge is 0.481 e. The second-order valence-electron chi connectivity index (χ2n) is 6.72. The van der Waals surface area contributed by atoms with Crippen LogP contribution in [0.4, 0.5) is 4.79 Å². The number of amides is 3. The topological polar surface area (TPSA) is 112 Å². The second-order valence-corrected chi connectivity index (χ2v) is 6.72. The fourth-order valence-electron chi connectivity index (χ4n) is 3.12. The molecule has 148 valence electrons. The number of piperidine rings is 1. The van der Waals surface area contributed by atoms with Gasteiger partial charge in [0, 0.05) is 25.2 Å². The molecule has 28 heavy (non-hydrogen) atoms. The Morgan fingerprint density at radius 3 is 2.54 bits per heavy atom. The van der Waals surface area contributed by atoms with Gasteiger partial charge in [-0.2, -0.15) is 0 Å². The first kappa shape index (κ1) is 19.5. The Kier molecular flexibility index (Phi) is 6.31. The Balaban J connectivity index is 1.48. The molecule has 0 aliphatic carbocycles. The summed E-state index contributed by atoms with van der Waals surface area (Å²) >= 11 is 0. The van der Waals surface area contributed by atoms with E-state index >= 15 is 0 Å². The van der Waals surface area contributed by atoms with E-state index in [9.17, 15) is 14.4 Å². The Labute approximate surface area is 162 Å². The number of benzene rings is 1. The average Bonchev–Trinajstić information content (AvgIpc) is 3.24. The molecular formula is C20H23N3O5. The highest BCUT2D eigenvalue weighted by Gasteiger charge is 2.26. The van der Waals surface area contributed by atoms with Crippen molar-refractivity contribution in [2.45, 2.75) is 25.9 Å². The molecule has 0 atom stereocenters. The molecule has 0 bridgehead atoms. The van der Waals surface area contributed by atoms with Gasteiger partial charge in [-0.15, -0.1) is 0 Å². The minimum atomic E-state index is -0.804. The summed E-state index contributed by atoms with van der Waals surface area (Å²) in [5.74, 6) is -0.730. The number of rotatable bonds is 6. The van der Waals surface area contributed by atoms with Crippen molar-refractivity contribution in [1.29, 1.82) is 0 Å². The Morgan fingerprint density at radius 1 is 1.07 bits per heavy atom. The van der Waals surface area contributed by atoms with Crippen LogP contribution in [0.15, 0.2) is 47.1 Å². The lowest BCUT2D eigenvalue weighted by Crippen LogP contribution is -2.45. The van der Waals surface area contributed by atoms with E-state index in [1.165, 1.54) is 0 Å². The summed E-state index contributed by atoms with van der Waals surface area (Å²) < 4.78 is 5.19. The minimum Gasteiger partial charge on any atom is -0.481 e. The van der Waals surface area contributed by atoms with E-state index in [1.54, 1.807) is 41.5 Å². The second kappa shape index (κ2) is 9.07. The van der Waals surface area contributed by atoms with Crippen molar-refractivity contribution in [2.24, 2.45) is 5.92 Å². The van der Waals surface area contributed by atoms with Crippen LogP contribution in [-0.2, 0) is 17.9 Å². The smallest absolute Gasteiger partial charge is 0.317 e. The van der Waals surface area contributed by atoms with Crippen LogP contribution in [0.5, 0.6) is 0 Å². The molecule has 3 amide bonds. The monoisotopic (exact) mass is 385 g/mol. The number of hydrogen-bond donors (Lipinski definition) is 3. The number of hydrogen-bond acceptors (Lipinski definition) is 4. The lowest BCUT2D eigenvalue weighted by atomic mass is 9.97. The van der Waals surface area contributed by atoms with Gasteiger partial charge in [-0.3, -0.25) is 9.59 Å². The molecule has 2 aromatic rings. The Hall–Kier alpha value is -3.29. The van der Waals surface area contributed by atoms with Gasteiger partial charge in [0.25, 0.3) is 5.91 Å². The van der Waals surface area contributed by atoms with E-state index in [0.29, 0.717) is 43.8 Å². The predicted octanol–water partition coefficient (Wildman–Crippen LogP) is 2.22. The van der Waals surface area contributed by atoms with Crippen LogP contribution in [0.3, 0.4) is 0 Å². The molecule has 2 heterocycles. The highest BCUT2D eigenvalue weighted by molar-refractivity contribution is 5.94. The summed E-state index contributed by atoms with van der Waals surface area (Å²) in [5.41, 5.74) is 1.31. The first-order chi connectivity index (χ1) is 13.5. The lowest BCUT2D eigenvalue weighted by molar-refractivity contribution is -0.143. The first-order valence-corrected chi connectivity index (χ1v) is 9.18. The fourth-order valence-corrected chi connectivity index (χ4v) is 3.12. The number of carboxylic acid groups (broad SMARTS) is 1. The van der Waals surface area contributed by atoms with Crippen LogP contribution >= 0.6 is 0 Å². The van der Waals surface area contributed by atoms with E-state index in [4.69, 9.17) is 9.52 Å². The number of carboxylic acids is 1. The normalized spacial score (nSPS) is 14.5. The average molecular weight is 385 g/mol. The van der Waals surface area contributed by atoms with Gasteiger partial charge in [-0.25, -0.2) is 4.79 Å². The van der Waals surface area contributed by atoms with E-state index < -0.39 is 5.97 Å². The first-order valence-electron chi connectivity index (χ1n) is 9.18. The quantitative estimate of drug-likeness (QED) is 0.706. The standard InChI is InChI=1S/C20H23N3O5/c24-18(21-13-17-5-2-10-28-17)16-4-1-3-14(11-16)12-22-20(27)23-8-6-15(7-9-23)19(25)26/h1-5,10-11,15H,6-9,12-13H2,(H,21,24)(H,22,27)(H,25,26). The maximum atomic E-state index is 12.3. The summed E-state index contributed by atoms with van der Waals surface area (Å²) in [7, 11) is 0. The number of furan rings is 1. The summed E-state index contributed by atoms with van der Waals surface area (Å²) in [6.07, 6.45) is 2.48. The van der Waals surface area contributed by atoms with Gasteiger partial charge in [0.05, 0.1) is 18.7 Å². The van der Waals surface area contributed by atoms with Gasteiger partial charge in [-0.1, -0.05) is 12.1 Å². The zero-order valence-electron chi connectivity index (χ0n) is 15.4. The van der Waals surface area contributed by atoms with E-state index in [2.05, 4.69) is 10.6 Å². The molecule has 1 aromatic heterocycles. The molecular weight excluding hydrogens is 362 g/mol. The SMILES string of the molecule is O=C(NCc1ccco1)c1cccc(CNC(=O)N2CCC(C(=O)O)CC2)c1. The van der Waals surface area contributed by atoms with Crippen LogP contribution in [0.25, 0.3) is 0 Å². The van der Waals surface area contributed by atoms with Crippen molar-refractivity contribution < 1.29 is 23.9 Å². The minimum absolute atomic E-state index is 0.222. The fraction of sp³-hybridized carbons (Fsp3) is 0.350. The molecule has 3 rings (SSSR count). The van der Waals surface area contributed by atoms with Gasteiger partial charge < -0.3 is 25.1 Å². The van der Waals surface area contributed by atoms with Gasteiger partial charge in [0.2, 0.25) is 0 Å². The van der Waals surface area contributed by atoms with Crippen molar-refractivity contribution in [3.63, 3.8) is 0 Å². The highest BCUT2D eigenvalue weighted by Crippen LogP contribution is 2.17. The maximum absolute atomic E-state index is 12.3. The lowest BCUT2D eigenvalue weighted by Gasteiger charge is -2.30. The third-order valence-corrected chi connectivity index (χ3v) is 4.77. The number of nitrogens with one attached hydrogen (secondary N) is 2. The van der Waals surface area contributed by atoms with Crippen molar-refractivity contribution in [1.82, 2.24) is 15.5 Å². The molecule has 1 saturated heterocycles. The molecule has 1 fully saturated rings. The van der Waals surface area contributed by atoms with E-state index in [-0.39, 0.29) is 24.4 Å². The van der Waals surface area contributed by atoms with Gasteiger partial charge in [-0.05, 0) is 42.7 Å². The van der Waals surface area contributed by atoms with Crippen molar-refractivity contribution in [2.75, 3.05) is 13.1 Å². The van der Waals surface area contributed by atoms with Crippen molar-refractivity contribution in [3.05, 3.63) is 59.5 Å². The number of carbonyl (C=O) groups excluding carboxylic acids is 2. The number of nitrogens with zero attached hydrogens (tertiary/aromatic N) is 1. The predicted molar refractivity (Wildman–Crippen MR) is 100 cm³/mol. The molecule has 8 nitrogen and oxygen atoms in total. The molecule has 0 unspecified atom stereocenters. The molecule has 0 spiro atoms. The van der Waals surface area contributed by atoms with Crippen LogP contribution in [0.2, 0.25) is 0 Å². The van der Waals surface area contributed by atoms with Crippen molar-refractivity contribution >= 4 is 17.9 Å². The number of likely N-dealkylation sites (tertiary alicyclic amines) is 1. The third kappa shape index (κ3) is 5.12. The van der Waals surface area contributed by atoms with Crippen LogP contribution in [-0.4, -0.2) is 41.0 Å². The maximum Gasteiger partial charge on any atom is 0.317 e. The molecule has 0 radical (unpaired) electrons. The van der Waals surface area contributed by atoms with Gasteiger partial charge >= 0.3 is 12.0 Å². The van der Waals surface area contributed by atoms with E-state index in [0.717, 1.165) is 5.56 Å². The van der Waals surface area contributed by atoms with Crippen molar-refractivity contribution in [3.8, 4) is 0 Å². The molecule has 1 aliphatic heterocycles. The molecule has 1 aliphatic rings. The molecule has 3 N–H and O–H groups in total. The zero-order valence-corrected chi connectivity index (χ0v) is 15.4. The molecule has 0 saturated carbocycles. The van der Waals surface area contributed by atoms with Gasteiger partial charge in [0.1, 0.15) is 5.76 Å². The number of carbonyl (C=O) groups is 3. The highest BCUT2D eigenvalue weighted by atomic mass is 16.4.